The molecule has 0 radical (unpaired) electrons. The monoisotopic (exact) mass is 466 g/mol. The van der Waals surface area contributed by atoms with E-state index in [4.69, 9.17) is 0 Å². The van der Waals surface area contributed by atoms with Crippen molar-refractivity contribution in [1.29, 1.82) is 0 Å². The SMILES string of the molecule is Cc1cccc(N2CCN([C@H]3CS(=O)(=O)C[C@@H]3S(=O)(=O)c3ccc(F)cc3)CC2)c1C. The molecule has 2 aliphatic rings. The molecule has 2 fully saturated rings. The molecule has 0 aliphatic carbocycles. The lowest BCUT2D eigenvalue weighted by atomic mass is 10.1. The molecule has 0 unspecified atom stereocenters. The maximum absolute atomic E-state index is 13.3. The number of halogens is 1. The fourth-order valence-electron chi connectivity index (χ4n) is 4.61. The number of piperazine rings is 1. The standard InChI is InChI=1S/C22H27FN2O4S2/c1-16-4-3-5-20(17(16)2)24-10-12-25(13-11-24)21-14-30(26,27)15-22(21)31(28,29)19-8-6-18(23)7-9-19/h3-9,21-22H,10-15H2,1-2H3/t21-,22-/m0/s1. The van der Waals surface area contributed by atoms with Crippen molar-refractivity contribution in [2.75, 3.05) is 42.6 Å². The van der Waals surface area contributed by atoms with E-state index in [-0.39, 0.29) is 10.6 Å². The first-order valence-electron chi connectivity index (χ1n) is 10.3. The molecule has 0 N–H and O–H groups in total. The summed E-state index contributed by atoms with van der Waals surface area (Å²) in [5.41, 5.74) is 3.60. The van der Waals surface area contributed by atoms with Crippen LogP contribution in [0.25, 0.3) is 0 Å². The van der Waals surface area contributed by atoms with Gasteiger partial charge in [0, 0.05) is 37.9 Å². The van der Waals surface area contributed by atoms with Gasteiger partial charge >= 0.3 is 0 Å². The molecule has 9 heteroatoms. The Morgan fingerprint density at radius 3 is 2.23 bits per heavy atom. The lowest BCUT2D eigenvalue weighted by molar-refractivity contribution is 0.201. The summed E-state index contributed by atoms with van der Waals surface area (Å²) in [4.78, 5) is 4.24. The molecule has 2 heterocycles. The van der Waals surface area contributed by atoms with Crippen molar-refractivity contribution in [3.05, 3.63) is 59.4 Å². The summed E-state index contributed by atoms with van der Waals surface area (Å²) in [5, 5.41) is -1.05. The first-order valence-corrected chi connectivity index (χ1v) is 13.7. The second-order valence-corrected chi connectivity index (χ2v) is 12.7. The molecule has 0 amide bonds. The Labute approximate surface area is 183 Å². The largest absolute Gasteiger partial charge is 0.369 e. The molecule has 2 aromatic carbocycles. The molecular weight excluding hydrogens is 439 g/mol. The van der Waals surface area contributed by atoms with Crippen molar-refractivity contribution in [2.45, 2.75) is 30.0 Å². The van der Waals surface area contributed by atoms with Crippen LogP contribution in [-0.4, -0.2) is 70.7 Å². The second-order valence-electron chi connectivity index (χ2n) is 8.42. The van der Waals surface area contributed by atoms with Gasteiger partial charge in [-0.2, -0.15) is 0 Å². The molecule has 0 aromatic heterocycles. The maximum atomic E-state index is 13.3. The van der Waals surface area contributed by atoms with E-state index in [2.05, 4.69) is 30.9 Å². The number of hydrogen-bond acceptors (Lipinski definition) is 6. The Hall–Kier alpha value is -1.97. The van der Waals surface area contributed by atoms with Gasteiger partial charge in [0.15, 0.2) is 19.7 Å². The third-order valence-electron chi connectivity index (χ3n) is 6.51. The number of aryl methyl sites for hydroxylation is 1. The van der Waals surface area contributed by atoms with Crippen LogP contribution in [0.3, 0.4) is 0 Å². The van der Waals surface area contributed by atoms with Gasteiger partial charge in [-0.1, -0.05) is 12.1 Å². The Morgan fingerprint density at radius 2 is 1.58 bits per heavy atom. The maximum Gasteiger partial charge on any atom is 0.183 e. The summed E-state index contributed by atoms with van der Waals surface area (Å²) in [5.74, 6) is -1.09. The van der Waals surface area contributed by atoms with Crippen LogP contribution in [0.1, 0.15) is 11.1 Å². The van der Waals surface area contributed by atoms with Crippen molar-refractivity contribution in [2.24, 2.45) is 0 Å². The number of benzene rings is 2. The summed E-state index contributed by atoms with van der Waals surface area (Å²) >= 11 is 0. The number of anilines is 1. The van der Waals surface area contributed by atoms with Crippen LogP contribution in [0.2, 0.25) is 0 Å². The Kier molecular flexibility index (Phi) is 5.87. The van der Waals surface area contributed by atoms with Crippen molar-refractivity contribution < 1.29 is 21.2 Å². The first-order chi connectivity index (χ1) is 14.6. The molecule has 4 rings (SSSR count). The second kappa shape index (κ2) is 8.18. The van der Waals surface area contributed by atoms with E-state index in [1.165, 1.54) is 23.3 Å². The molecule has 6 nitrogen and oxygen atoms in total. The van der Waals surface area contributed by atoms with Gasteiger partial charge in [-0.25, -0.2) is 21.2 Å². The number of hydrogen-bond donors (Lipinski definition) is 0. The lowest BCUT2D eigenvalue weighted by Crippen LogP contribution is -2.55. The molecule has 2 aromatic rings. The molecule has 0 saturated carbocycles. The van der Waals surface area contributed by atoms with Gasteiger partial charge in [0.1, 0.15) is 5.82 Å². The fraction of sp³-hybridized carbons (Fsp3) is 0.455. The Bertz CT molecular complexity index is 1170. The molecule has 0 spiro atoms. The summed E-state index contributed by atoms with van der Waals surface area (Å²) in [6.45, 7) is 6.73. The van der Waals surface area contributed by atoms with Crippen LogP contribution in [0.15, 0.2) is 47.4 Å². The molecule has 2 atom stereocenters. The van der Waals surface area contributed by atoms with Gasteiger partial charge in [-0.05, 0) is 55.3 Å². The van der Waals surface area contributed by atoms with Gasteiger partial charge in [-0.3, -0.25) is 4.90 Å². The average Bonchev–Trinajstić information content (AvgIpc) is 3.07. The fourth-order valence-corrected chi connectivity index (χ4v) is 9.44. The summed E-state index contributed by atoms with van der Waals surface area (Å²) in [7, 11) is -7.38. The number of nitrogens with zero attached hydrogens (tertiary/aromatic N) is 2. The Morgan fingerprint density at radius 1 is 0.935 bits per heavy atom. The number of rotatable bonds is 4. The van der Waals surface area contributed by atoms with E-state index >= 15 is 0 Å². The normalized spacial score (nSPS) is 24.4. The third kappa shape index (κ3) is 4.36. The number of sulfone groups is 2. The molecule has 2 saturated heterocycles. The molecule has 31 heavy (non-hydrogen) atoms. The smallest absolute Gasteiger partial charge is 0.183 e. The van der Waals surface area contributed by atoms with Gasteiger partial charge in [0.25, 0.3) is 0 Å². The van der Waals surface area contributed by atoms with E-state index in [1.54, 1.807) is 0 Å². The van der Waals surface area contributed by atoms with Gasteiger partial charge in [0.05, 0.1) is 21.7 Å². The summed E-state index contributed by atoms with van der Waals surface area (Å²) < 4.78 is 64.6. The minimum atomic E-state index is -3.90. The minimum Gasteiger partial charge on any atom is -0.369 e. The highest BCUT2D eigenvalue weighted by atomic mass is 32.2. The quantitative estimate of drug-likeness (QED) is 0.644. The highest BCUT2D eigenvalue weighted by Crippen LogP contribution is 2.31. The highest BCUT2D eigenvalue weighted by Gasteiger charge is 2.48. The van der Waals surface area contributed by atoms with Crippen molar-refractivity contribution in [3.63, 3.8) is 0 Å². The van der Waals surface area contributed by atoms with E-state index in [1.807, 2.05) is 11.0 Å². The van der Waals surface area contributed by atoms with E-state index in [0.29, 0.717) is 26.2 Å². The molecule has 168 valence electrons. The topological polar surface area (TPSA) is 74.8 Å². The summed E-state index contributed by atoms with van der Waals surface area (Å²) in [6, 6.07) is 10.2. The van der Waals surface area contributed by atoms with Crippen LogP contribution in [0.4, 0.5) is 10.1 Å². The predicted molar refractivity (Wildman–Crippen MR) is 120 cm³/mol. The van der Waals surface area contributed by atoms with Crippen LogP contribution >= 0.6 is 0 Å². The van der Waals surface area contributed by atoms with Crippen molar-refractivity contribution in [3.8, 4) is 0 Å². The van der Waals surface area contributed by atoms with E-state index < -0.39 is 42.5 Å². The van der Waals surface area contributed by atoms with Crippen LogP contribution in [0.5, 0.6) is 0 Å². The summed E-state index contributed by atoms with van der Waals surface area (Å²) in [6.07, 6.45) is 0. The Balaban J connectivity index is 1.55. The van der Waals surface area contributed by atoms with Crippen LogP contribution in [-0.2, 0) is 19.7 Å². The third-order valence-corrected chi connectivity index (χ3v) is 10.6. The van der Waals surface area contributed by atoms with Crippen LogP contribution in [0, 0.1) is 19.7 Å². The zero-order chi connectivity index (χ0) is 22.4. The van der Waals surface area contributed by atoms with E-state index in [9.17, 15) is 21.2 Å². The zero-order valence-corrected chi connectivity index (χ0v) is 19.3. The lowest BCUT2D eigenvalue weighted by Gasteiger charge is -2.40. The van der Waals surface area contributed by atoms with Crippen LogP contribution < -0.4 is 4.90 Å². The van der Waals surface area contributed by atoms with E-state index in [0.717, 1.165) is 17.8 Å². The van der Waals surface area contributed by atoms with Gasteiger partial charge < -0.3 is 4.90 Å². The van der Waals surface area contributed by atoms with Gasteiger partial charge in [-0.15, -0.1) is 0 Å². The van der Waals surface area contributed by atoms with Crippen molar-refractivity contribution in [1.82, 2.24) is 4.90 Å². The highest BCUT2D eigenvalue weighted by molar-refractivity contribution is 7.96. The molecular formula is C22H27FN2O4S2. The predicted octanol–water partition coefficient (Wildman–Crippen LogP) is 2.20. The van der Waals surface area contributed by atoms with Crippen molar-refractivity contribution >= 4 is 25.4 Å². The molecule has 2 aliphatic heterocycles. The minimum absolute atomic E-state index is 0.0324. The average molecular weight is 467 g/mol. The zero-order valence-electron chi connectivity index (χ0n) is 17.7. The van der Waals surface area contributed by atoms with Gasteiger partial charge in [0.2, 0.25) is 0 Å². The molecule has 0 bridgehead atoms. The first kappa shape index (κ1) is 22.2.